The number of carbonyl (C=O) groups is 1. The van der Waals surface area contributed by atoms with Gasteiger partial charge in [0.05, 0.1) is 12.6 Å². The summed E-state index contributed by atoms with van der Waals surface area (Å²) in [7, 11) is 0. The van der Waals surface area contributed by atoms with Gasteiger partial charge in [0.25, 0.3) is 0 Å². The summed E-state index contributed by atoms with van der Waals surface area (Å²) in [6.45, 7) is 7.80. The maximum absolute atomic E-state index is 12.6. The minimum absolute atomic E-state index is 0.0150. The number of amides is 1. The maximum Gasteiger partial charge on any atom is 0.234 e. The van der Waals surface area contributed by atoms with E-state index >= 15 is 0 Å². The highest BCUT2D eigenvalue weighted by Gasteiger charge is 2.19. The van der Waals surface area contributed by atoms with Gasteiger partial charge in [-0.25, -0.2) is 0 Å². The Balaban J connectivity index is 1.16. The summed E-state index contributed by atoms with van der Waals surface area (Å²) in [4.78, 5) is 17.2. The molecule has 0 bridgehead atoms. The Bertz CT molecular complexity index is 985. The van der Waals surface area contributed by atoms with Crippen molar-refractivity contribution in [2.75, 3.05) is 45.9 Å². The second kappa shape index (κ2) is 11.6. The zero-order valence-corrected chi connectivity index (χ0v) is 19.3. The molecule has 1 amide bonds. The molecule has 33 heavy (non-hydrogen) atoms. The molecule has 1 fully saturated rings. The number of carbonyl (C=O) groups excluding carboxylic acids is 1. The molecule has 1 aliphatic rings. The van der Waals surface area contributed by atoms with Gasteiger partial charge in [0.1, 0.15) is 12.4 Å². The van der Waals surface area contributed by atoms with Crippen LogP contribution in [0.3, 0.4) is 0 Å². The van der Waals surface area contributed by atoms with Crippen LogP contribution in [0.2, 0.25) is 0 Å². The van der Waals surface area contributed by atoms with E-state index in [1.54, 1.807) is 0 Å². The Hall–Kier alpha value is -3.15. The van der Waals surface area contributed by atoms with Gasteiger partial charge in [0.15, 0.2) is 0 Å². The lowest BCUT2D eigenvalue weighted by molar-refractivity contribution is -0.123. The minimum Gasteiger partial charge on any atom is -0.492 e. The molecule has 1 aliphatic heterocycles. The first kappa shape index (κ1) is 23.0. The summed E-state index contributed by atoms with van der Waals surface area (Å²) in [6.07, 6.45) is 0. The third-order valence-corrected chi connectivity index (χ3v) is 6.15. The lowest BCUT2D eigenvalue weighted by atomic mass is 10.0. The van der Waals surface area contributed by atoms with Crippen LogP contribution < -0.4 is 10.1 Å². The van der Waals surface area contributed by atoms with Crippen LogP contribution in [-0.2, 0) is 4.79 Å². The lowest BCUT2D eigenvalue weighted by Gasteiger charge is -2.34. The van der Waals surface area contributed by atoms with Crippen molar-refractivity contribution in [2.45, 2.75) is 13.0 Å². The van der Waals surface area contributed by atoms with E-state index in [0.29, 0.717) is 13.2 Å². The number of piperazine rings is 1. The molecule has 3 aromatic rings. The summed E-state index contributed by atoms with van der Waals surface area (Å²) < 4.78 is 5.80. The van der Waals surface area contributed by atoms with Crippen molar-refractivity contribution in [2.24, 2.45) is 0 Å². The predicted octanol–water partition coefficient (Wildman–Crippen LogP) is 4.23. The van der Waals surface area contributed by atoms with Gasteiger partial charge in [-0.05, 0) is 35.7 Å². The van der Waals surface area contributed by atoms with Gasteiger partial charge >= 0.3 is 0 Å². The monoisotopic (exact) mass is 443 g/mol. The second-order valence-electron chi connectivity index (χ2n) is 8.56. The standard InChI is InChI=1S/C28H33N3O2/c1-23(24-12-14-26(15-13-24)25-8-4-2-5-9-25)29-28(32)22-31-18-16-30(17-19-31)20-21-33-27-10-6-3-7-11-27/h2-15,23H,16-22H2,1H3,(H,29,32). The van der Waals surface area contributed by atoms with E-state index in [0.717, 1.165) is 44.0 Å². The van der Waals surface area contributed by atoms with Gasteiger partial charge in [0.2, 0.25) is 5.91 Å². The normalized spacial score (nSPS) is 15.7. The first-order valence-electron chi connectivity index (χ1n) is 11.7. The Labute approximate surface area is 197 Å². The van der Waals surface area contributed by atoms with Crippen molar-refractivity contribution in [1.82, 2.24) is 15.1 Å². The molecule has 5 nitrogen and oxygen atoms in total. The van der Waals surface area contributed by atoms with Crippen molar-refractivity contribution in [3.8, 4) is 16.9 Å². The highest BCUT2D eigenvalue weighted by atomic mass is 16.5. The second-order valence-corrected chi connectivity index (χ2v) is 8.56. The van der Waals surface area contributed by atoms with Crippen molar-refractivity contribution < 1.29 is 9.53 Å². The zero-order chi connectivity index (χ0) is 22.9. The third-order valence-electron chi connectivity index (χ3n) is 6.15. The van der Waals surface area contributed by atoms with Crippen molar-refractivity contribution in [3.63, 3.8) is 0 Å². The SMILES string of the molecule is CC(NC(=O)CN1CCN(CCOc2ccccc2)CC1)c1ccc(-c2ccccc2)cc1. The van der Waals surface area contributed by atoms with E-state index in [9.17, 15) is 4.79 Å². The molecule has 1 atom stereocenters. The fourth-order valence-corrected chi connectivity index (χ4v) is 4.15. The summed E-state index contributed by atoms with van der Waals surface area (Å²) in [6, 6.07) is 28.7. The molecule has 0 radical (unpaired) electrons. The Morgan fingerprint density at radius 1 is 0.818 bits per heavy atom. The number of nitrogens with one attached hydrogen (secondary N) is 1. The fraction of sp³-hybridized carbons (Fsp3) is 0.321. The number of ether oxygens (including phenoxy) is 1. The Morgan fingerprint density at radius 3 is 2.06 bits per heavy atom. The van der Waals surface area contributed by atoms with Crippen LogP contribution in [0, 0.1) is 0 Å². The molecule has 0 aliphatic carbocycles. The molecule has 1 heterocycles. The van der Waals surface area contributed by atoms with Crippen molar-refractivity contribution in [3.05, 3.63) is 90.5 Å². The van der Waals surface area contributed by atoms with E-state index in [1.807, 2.05) is 55.5 Å². The summed E-state index contributed by atoms with van der Waals surface area (Å²) in [5, 5.41) is 3.15. The Morgan fingerprint density at radius 2 is 1.39 bits per heavy atom. The molecule has 4 rings (SSSR count). The minimum atomic E-state index is -0.0150. The van der Waals surface area contributed by atoms with Crippen LogP contribution in [0.25, 0.3) is 11.1 Å². The zero-order valence-electron chi connectivity index (χ0n) is 19.3. The first-order chi connectivity index (χ1) is 16.2. The molecule has 0 aromatic heterocycles. The molecule has 5 heteroatoms. The highest BCUT2D eigenvalue weighted by molar-refractivity contribution is 5.78. The van der Waals surface area contributed by atoms with E-state index in [2.05, 4.69) is 51.5 Å². The number of rotatable bonds is 9. The van der Waals surface area contributed by atoms with E-state index in [4.69, 9.17) is 4.74 Å². The molecule has 1 saturated heterocycles. The summed E-state index contributed by atoms with van der Waals surface area (Å²) >= 11 is 0. The molecule has 0 saturated carbocycles. The highest BCUT2D eigenvalue weighted by Crippen LogP contribution is 2.21. The number of para-hydroxylation sites is 1. The Kier molecular flexibility index (Phi) is 8.12. The van der Waals surface area contributed by atoms with E-state index in [1.165, 1.54) is 11.1 Å². The average Bonchev–Trinajstić information content (AvgIpc) is 2.86. The third kappa shape index (κ3) is 6.91. The topological polar surface area (TPSA) is 44.8 Å². The molecule has 172 valence electrons. The predicted molar refractivity (Wildman–Crippen MR) is 133 cm³/mol. The number of benzene rings is 3. The fourth-order valence-electron chi connectivity index (χ4n) is 4.15. The van der Waals surface area contributed by atoms with Crippen LogP contribution in [0.15, 0.2) is 84.9 Å². The van der Waals surface area contributed by atoms with Gasteiger partial charge in [-0.1, -0.05) is 72.8 Å². The molecule has 3 aromatic carbocycles. The van der Waals surface area contributed by atoms with Crippen LogP contribution in [0.1, 0.15) is 18.5 Å². The van der Waals surface area contributed by atoms with Crippen molar-refractivity contribution in [1.29, 1.82) is 0 Å². The molecule has 1 N–H and O–H groups in total. The molecule has 1 unspecified atom stereocenters. The molecule has 0 spiro atoms. The van der Waals surface area contributed by atoms with Gasteiger partial charge in [-0.2, -0.15) is 0 Å². The van der Waals surface area contributed by atoms with Crippen molar-refractivity contribution >= 4 is 5.91 Å². The van der Waals surface area contributed by atoms with Crippen LogP contribution in [0.5, 0.6) is 5.75 Å². The van der Waals surface area contributed by atoms with Gasteiger partial charge in [-0.3, -0.25) is 14.6 Å². The largest absolute Gasteiger partial charge is 0.492 e. The van der Waals surface area contributed by atoms with E-state index < -0.39 is 0 Å². The average molecular weight is 444 g/mol. The van der Waals surface area contributed by atoms with E-state index in [-0.39, 0.29) is 11.9 Å². The van der Waals surface area contributed by atoms with Gasteiger partial charge < -0.3 is 10.1 Å². The first-order valence-corrected chi connectivity index (χ1v) is 11.7. The number of nitrogens with zero attached hydrogens (tertiary/aromatic N) is 2. The molecular formula is C28H33N3O2. The van der Waals surface area contributed by atoms with Crippen LogP contribution in [-0.4, -0.2) is 61.6 Å². The van der Waals surface area contributed by atoms with Crippen LogP contribution >= 0.6 is 0 Å². The maximum atomic E-state index is 12.6. The van der Waals surface area contributed by atoms with Crippen LogP contribution in [0.4, 0.5) is 0 Å². The van der Waals surface area contributed by atoms with Gasteiger partial charge in [0, 0.05) is 32.7 Å². The summed E-state index contributed by atoms with van der Waals surface area (Å²) in [5.41, 5.74) is 3.50. The summed E-state index contributed by atoms with van der Waals surface area (Å²) in [5.74, 6) is 0.993. The molecular weight excluding hydrogens is 410 g/mol. The lowest BCUT2D eigenvalue weighted by Crippen LogP contribution is -2.50. The quantitative estimate of drug-likeness (QED) is 0.538. The van der Waals surface area contributed by atoms with Gasteiger partial charge in [-0.15, -0.1) is 0 Å². The smallest absolute Gasteiger partial charge is 0.234 e. The number of hydrogen-bond donors (Lipinski definition) is 1. The number of hydrogen-bond acceptors (Lipinski definition) is 4.